The van der Waals surface area contributed by atoms with Crippen molar-refractivity contribution in [1.82, 2.24) is 0 Å². The van der Waals surface area contributed by atoms with E-state index in [0.29, 0.717) is 0 Å². The maximum Gasteiger partial charge on any atom is 0.0334 e. The van der Waals surface area contributed by atoms with E-state index < -0.39 is 0 Å². The molecule has 2 N–H and O–H groups in total. The fourth-order valence-corrected chi connectivity index (χ4v) is 3.57. The molecular formula is C10H12BrNS. The third-order valence-electron chi connectivity index (χ3n) is 2.23. The SMILES string of the molecule is Nc1cc(Br)c2c(c1)CCCCS2. The van der Waals surface area contributed by atoms with Crippen molar-refractivity contribution in [2.45, 2.75) is 24.2 Å². The molecule has 1 nitrogen and oxygen atoms in total. The highest BCUT2D eigenvalue weighted by atomic mass is 79.9. The van der Waals surface area contributed by atoms with Crippen molar-refractivity contribution >= 4 is 33.4 Å². The molecule has 2 rings (SSSR count). The maximum absolute atomic E-state index is 5.79. The summed E-state index contributed by atoms with van der Waals surface area (Å²) in [4.78, 5) is 1.40. The van der Waals surface area contributed by atoms with Crippen LogP contribution in [0.3, 0.4) is 0 Å². The molecule has 0 radical (unpaired) electrons. The van der Waals surface area contributed by atoms with Gasteiger partial charge in [0.25, 0.3) is 0 Å². The van der Waals surface area contributed by atoms with Gasteiger partial charge in [-0.05, 0) is 58.6 Å². The van der Waals surface area contributed by atoms with Crippen LogP contribution in [0, 0.1) is 0 Å². The largest absolute Gasteiger partial charge is 0.399 e. The standard InChI is InChI=1S/C10H12BrNS/c11-9-6-8(12)5-7-3-1-2-4-13-10(7)9/h5-6H,1-4,12H2. The molecular weight excluding hydrogens is 246 g/mol. The van der Waals surface area contributed by atoms with Crippen LogP contribution in [0.5, 0.6) is 0 Å². The first-order valence-corrected chi connectivity index (χ1v) is 6.26. The minimum atomic E-state index is 0.869. The van der Waals surface area contributed by atoms with Gasteiger partial charge in [0.05, 0.1) is 0 Å². The van der Waals surface area contributed by atoms with Gasteiger partial charge >= 0.3 is 0 Å². The first-order chi connectivity index (χ1) is 6.27. The molecule has 1 aromatic rings. The summed E-state index contributed by atoms with van der Waals surface area (Å²) in [5, 5.41) is 0. The van der Waals surface area contributed by atoms with Crippen molar-refractivity contribution in [1.29, 1.82) is 0 Å². The smallest absolute Gasteiger partial charge is 0.0334 e. The number of nitrogen functional groups attached to an aromatic ring is 1. The number of fused-ring (bicyclic) bond motifs is 1. The van der Waals surface area contributed by atoms with E-state index in [2.05, 4.69) is 22.0 Å². The van der Waals surface area contributed by atoms with Crippen molar-refractivity contribution in [3.63, 3.8) is 0 Å². The van der Waals surface area contributed by atoms with E-state index in [9.17, 15) is 0 Å². The van der Waals surface area contributed by atoms with Crippen molar-refractivity contribution in [3.8, 4) is 0 Å². The van der Waals surface area contributed by atoms with Crippen LogP contribution in [0.15, 0.2) is 21.5 Å². The summed E-state index contributed by atoms with van der Waals surface area (Å²) in [6.45, 7) is 0. The molecule has 13 heavy (non-hydrogen) atoms. The second-order valence-corrected chi connectivity index (χ2v) is 5.26. The molecule has 1 heterocycles. The number of rotatable bonds is 0. The number of benzene rings is 1. The number of nitrogens with two attached hydrogens (primary N) is 1. The predicted molar refractivity (Wildman–Crippen MR) is 62.2 cm³/mol. The lowest BCUT2D eigenvalue weighted by atomic mass is 10.1. The van der Waals surface area contributed by atoms with Crippen molar-refractivity contribution in [3.05, 3.63) is 22.2 Å². The molecule has 1 aliphatic rings. The molecule has 0 saturated carbocycles. The number of halogens is 1. The van der Waals surface area contributed by atoms with Crippen LogP contribution in [0.25, 0.3) is 0 Å². The van der Waals surface area contributed by atoms with Gasteiger partial charge in [0.2, 0.25) is 0 Å². The lowest BCUT2D eigenvalue weighted by Gasteiger charge is -2.08. The predicted octanol–water partition coefficient (Wildman–Crippen LogP) is 3.46. The zero-order chi connectivity index (χ0) is 9.26. The lowest BCUT2D eigenvalue weighted by Crippen LogP contribution is -1.92. The van der Waals surface area contributed by atoms with E-state index in [1.807, 2.05) is 17.8 Å². The van der Waals surface area contributed by atoms with Gasteiger partial charge in [0.15, 0.2) is 0 Å². The molecule has 0 aromatic heterocycles. The number of hydrogen-bond acceptors (Lipinski definition) is 2. The summed E-state index contributed by atoms with van der Waals surface area (Å²) < 4.78 is 1.16. The van der Waals surface area contributed by atoms with Crippen LogP contribution in [-0.2, 0) is 6.42 Å². The third-order valence-corrected chi connectivity index (χ3v) is 4.38. The topological polar surface area (TPSA) is 26.0 Å². The van der Waals surface area contributed by atoms with Gasteiger partial charge in [0, 0.05) is 15.1 Å². The quantitative estimate of drug-likeness (QED) is 0.721. The van der Waals surface area contributed by atoms with Crippen molar-refractivity contribution in [2.75, 3.05) is 11.5 Å². The Kier molecular flexibility index (Phi) is 2.84. The van der Waals surface area contributed by atoms with Crippen LogP contribution in [0.2, 0.25) is 0 Å². The van der Waals surface area contributed by atoms with E-state index in [-0.39, 0.29) is 0 Å². The van der Waals surface area contributed by atoms with Crippen LogP contribution < -0.4 is 5.73 Å². The normalized spacial score (nSPS) is 16.4. The van der Waals surface area contributed by atoms with Gasteiger partial charge in [-0.15, -0.1) is 11.8 Å². The lowest BCUT2D eigenvalue weighted by molar-refractivity contribution is 0.804. The van der Waals surface area contributed by atoms with Crippen LogP contribution in [-0.4, -0.2) is 5.75 Å². The third kappa shape index (κ3) is 2.02. The van der Waals surface area contributed by atoms with E-state index in [0.717, 1.165) is 10.2 Å². The summed E-state index contributed by atoms with van der Waals surface area (Å²) in [6, 6.07) is 4.11. The molecule has 70 valence electrons. The monoisotopic (exact) mass is 257 g/mol. The van der Waals surface area contributed by atoms with Crippen molar-refractivity contribution in [2.24, 2.45) is 0 Å². The summed E-state index contributed by atoms with van der Waals surface area (Å²) in [5.41, 5.74) is 8.07. The second-order valence-electron chi connectivity index (χ2n) is 3.30. The molecule has 0 unspecified atom stereocenters. The Morgan fingerprint density at radius 1 is 1.31 bits per heavy atom. The molecule has 0 saturated heterocycles. The highest BCUT2D eigenvalue weighted by Crippen LogP contribution is 2.36. The first-order valence-electron chi connectivity index (χ1n) is 4.48. The van der Waals surface area contributed by atoms with E-state index in [4.69, 9.17) is 5.73 Å². The van der Waals surface area contributed by atoms with Crippen molar-refractivity contribution < 1.29 is 0 Å². The van der Waals surface area contributed by atoms with Gasteiger partial charge in [-0.25, -0.2) is 0 Å². The number of aryl methyl sites for hydroxylation is 1. The minimum absolute atomic E-state index is 0.869. The molecule has 0 fully saturated rings. The Balaban J connectivity index is 2.47. The average Bonchev–Trinajstić information content (AvgIpc) is 2.28. The fourth-order valence-electron chi connectivity index (χ4n) is 1.61. The van der Waals surface area contributed by atoms with Gasteiger partial charge in [-0.3, -0.25) is 0 Å². The number of anilines is 1. The van der Waals surface area contributed by atoms with Gasteiger partial charge in [0.1, 0.15) is 0 Å². The molecule has 0 aliphatic carbocycles. The fraction of sp³-hybridized carbons (Fsp3) is 0.400. The molecule has 3 heteroatoms. The van der Waals surface area contributed by atoms with Crippen LogP contribution >= 0.6 is 27.7 Å². The molecule has 0 amide bonds. The molecule has 0 atom stereocenters. The molecule has 1 aromatic carbocycles. The Hall–Kier alpha value is -0.150. The summed E-state index contributed by atoms with van der Waals surface area (Å²) in [7, 11) is 0. The van der Waals surface area contributed by atoms with Gasteiger partial charge < -0.3 is 5.73 Å². The highest BCUT2D eigenvalue weighted by Gasteiger charge is 2.11. The van der Waals surface area contributed by atoms with E-state index in [1.165, 1.54) is 35.5 Å². The molecule has 0 spiro atoms. The van der Waals surface area contributed by atoms with Gasteiger partial charge in [-0.2, -0.15) is 0 Å². The number of thioether (sulfide) groups is 1. The Bertz CT molecular complexity index is 325. The van der Waals surface area contributed by atoms with Gasteiger partial charge in [-0.1, -0.05) is 0 Å². The Morgan fingerprint density at radius 2 is 2.15 bits per heavy atom. The highest BCUT2D eigenvalue weighted by molar-refractivity contribution is 9.10. The average molecular weight is 258 g/mol. The minimum Gasteiger partial charge on any atom is -0.399 e. The maximum atomic E-state index is 5.79. The molecule has 1 aliphatic heterocycles. The Labute approximate surface area is 91.2 Å². The number of hydrogen-bond donors (Lipinski definition) is 1. The van der Waals surface area contributed by atoms with E-state index >= 15 is 0 Å². The second kappa shape index (κ2) is 3.93. The summed E-state index contributed by atoms with van der Waals surface area (Å²) in [6.07, 6.45) is 3.77. The zero-order valence-corrected chi connectivity index (χ0v) is 9.75. The Morgan fingerprint density at radius 3 is 3.00 bits per heavy atom. The summed E-state index contributed by atoms with van der Waals surface area (Å²) >= 11 is 5.51. The summed E-state index contributed by atoms with van der Waals surface area (Å²) in [5.74, 6) is 1.23. The van der Waals surface area contributed by atoms with Crippen LogP contribution in [0.1, 0.15) is 18.4 Å². The molecule has 0 bridgehead atoms. The van der Waals surface area contributed by atoms with Crippen LogP contribution in [0.4, 0.5) is 5.69 Å². The zero-order valence-electron chi connectivity index (χ0n) is 7.35. The first kappa shape index (κ1) is 9.41. The van der Waals surface area contributed by atoms with E-state index in [1.54, 1.807) is 0 Å².